The Kier molecular flexibility index (Phi) is 3.95. The Labute approximate surface area is 120 Å². The fourth-order valence-electron chi connectivity index (χ4n) is 1.52. The van der Waals surface area contributed by atoms with Gasteiger partial charge in [0, 0.05) is 31.4 Å². The summed E-state index contributed by atoms with van der Waals surface area (Å²) in [6.45, 7) is 0. The Bertz CT molecular complexity index is 638. The van der Waals surface area contributed by atoms with E-state index in [9.17, 15) is 9.90 Å². The van der Waals surface area contributed by atoms with E-state index in [4.69, 9.17) is 22.1 Å². The molecule has 0 bridgehead atoms. The summed E-state index contributed by atoms with van der Waals surface area (Å²) in [4.78, 5) is 15.4. The molecule has 0 fully saturated rings. The highest BCUT2D eigenvalue weighted by Crippen LogP contribution is 2.35. The molecule has 1 amide bonds. The summed E-state index contributed by atoms with van der Waals surface area (Å²) in [5, 5.41) is 12.0. The molecule has 20 heavy (non-hydrogen) atoms. The predicted molar refractivity (Wildman–Crippen MR) is 75.2 cm³/mol. The van der Waals surface area contributed by atoms with Crippen LogP contribution in [0.15, 0.2) is 30.5 Å². The molecule has 1 heterocycles. The average Bonchev–Trinajstić information content (AvgIpc) is 2.44. The Morgan fingerprint density at radius 1 is 1.40 bits per heavy atom. The number of aromatic hydroxyl groups is 1. The maximum absolute atomic E-state index is 11.5. The fourth-order valence-corrected chi connectivity index (χ4v) is 1.73. The molecule has 0 aliphatic rings. The van der Waals surface area contributed by atoms with Crippen molar-refractivity contribution in [1.82, 2.24) is 10.3 Å². The summed E-state index contributed by atoms with van der Waals surface area (Å²) in [5.41, 5.74) is 5.91. The standard InChI is InChI=1S/C13H12ClN3O3/c1-16-13(19)11-6-7(2-3-17-11)20-8-4-9(14)12(18)10(15)5-8/h2-6,18H,15H2,1H3,(H,16,19). The molecule has 2 rings (SSSR count). The number of aromatic nitrogens is 1. The number of hydrogen-bond acceptors (Lipinski definition) is 5. The second-order valence-electron chi connectivity index (χ2n) is 3.90. The molecule has 0 aliphatic heterocycles. The maximum atomic E-state index is 11.5. The molecule has 0 atom stereocenters. The van der Waals surface area contributed by atoms with Crippen LogP contribution in [0.5, 0.6) is 17.2 Å². The minimum absolute atomic E-state index is 0.0839. The van der Waals surface area contributed by atoms with Gasteiger partial charge in [0.2, 0.25) is 0 Å². The van der Waals surface area contributed by atoms with Crippen LogP contribution in [0, 0.1) is 0 Å². The minimum atomic E-state index is -0.321. The Balaban J connectivity index is 2.28. The van der Waals surface area contributed by atoms with E-state index in [0.29, 0.717) is 11.5 Å². The number of hydrogen-bond donors (Lipinski definition) is 3. The van der Waals surface area contributed by atoms with Crippen molar-refractivity contribution >= 4 is 23.2 Å². The van der Waals surface area contributed by atoms with Crippen molar-refractivity contribution in [3.63, 3.8) is 0 Å². The highest BCUT2D eigenvalue weighted by Gasteiger charge is 2.09. The molecule has 4 N–H and O–H groups in total. The number of nitrogen functional groups attached to an aromatic ring is 1. The third-order valence-electron chi connectivity index (χ3n) is 2.49. The van der Waals surface area contributed by atoms with E-state index in [0.717, 1.165) is 0 Å². The molecule has 0 unspecified atom stereocenters. The highest BCUT2D eigenvalue weighted by atomic mass is 35.5. The van der Waals surface area contributed by atoms with Gasteiger partial charge < -0.3 is 20.9 Å². The summed E-state index contributed by atoms with van der Waals surface area (Å²) >= 11 is 5.80. The van der Waals surface area contributed by atoms with Crippen LogP contribution >= 0.6 is 11.6 Å². The number of halogens is 1. The molecule has 2 aromatic rings. The molecule has 0 radical (unpaired) electrons. The van der Waals surface area contributed by atoms with Crippen molar-refractivity contribution in [3.05, 3.63) is 41.2 Å². The fraction of sp³-hybridized carbons (Fsp3) is 0.0769. The number of pyridine rings is 1. The summed E-state index contributed by atoms with van der Waals surface area (Å²) in [6, 6.07) is 5.92. The highest BCUT2D eigenvalue weighted by molar-refractivity contribution is 6.32. The molecule has 1 aromatic carbocycles. The van der Waals surface area contributed by atoms with Gasteiger partial charge >= 0.3 is 0 Å². The number of anilines is 1. The van der Waals surface area contributed by atoms with Crippen molar-refractivity contribution in [3.8, 4) is 17.2 Å². The first kappa shape index (κ1) is 14.0. The number of carbonyl (C=O) groups excluding carboxylic acids is 1. The van der Waals surface area contributed by atoms with Crippen LogP contribution in [0.4, 0.5) is 5.69 Å². The first-order valence-corrected chi connectivity index (χ1v) is 6.03. The number of ether oxygens (including phenoxy) is 1. The van der Waals surface area contributed by atoms with Gasteiger partial charge in [-0.3, -0.25) is 9.78 Å². The number of nitrogens with zero attached hydrogens (tertiary/aromatic N) is 1. The summed E-state index contributed by atoms with van der Waals surface area (Å²) < 4.78 is 5.53. The van der Waals surface area contributed by atoms with Gasteiger partial charge in [0.25, 0.3) is 5.91 Å². The molecule has 7 heteroatoms. The van der Waals surface area contributed by atoms with Gasteiger partial charge in [-0.25, -0.2) is 0 Å². The summed E-state index contributed by atoms with van der Waals surface area (Å²) in [6.07, 6.45) is 1.45. The van der Waals surface area contributed by atoms with Crippen LogP contribution in [-0.4, -0.2) is 23.0 Å². The zero-order chi connectivity index (χ0) is 14.7. The number of nitrogens with one attached hydrogen (secondary N) is 1. The second kappa shape index (κ2) is 5.66. The molecular weight excluding hydrogens is 282 g/mol. The number of carbonyl (C=O) groups is 1. The second-order valence-corrected chi connectivity index (χ2v) is 4.31. The summed E-state index contributed by atoms with van der Waals surface area (Å²) in [7, 11) is 1.51. The molecule has 0 spiro atoms. The van der Waals surface area contributed by atoms with E-state index in [-0.39, 0.29) is 28.1 Å². The number of phenolic OH excluding ortho intramolecular Hbond substituents is 1. The van der Waals surface area contributed by atoms with E-state index >= 15 is 0 Å². The molecule has 104 valence electrons. The van der Waals surface area contributed by atoms with Gasteiger partial charge in [-0.2, -0.15) is 0 Å². The van der Waals surface area contributed by atoms with Crippen LogP contribution in [0.25, 0.3) is 0 Å². The van der Waals surface area contributed by atoms with Gasteiger partial charge in [-0.05, 0) is 6.07 Å². The first-order chi connectivity index (χ1) is 9.51. The SMILES string of the molecule is CNC(=O)c1cc(Oc2cc(N)c(O)c(Cl)c2)ccn1. The quantitative estimate of drug-likeness (QED) is 0.595. The Hall–Kier alpha value is -2.47. The van der Waals surface area contributed by atoms with E-state index in [2.05, 4.69) is 10.3 Å². The van der Waals surface area contributed by atoms with E-state index in [1.807, 2.05) is 0 Å². The number of benzene rings is 1. The molecule has 0 saturated heterocycles. The predicted octanol–water partition coefficient (Wildman–Crippen LogP) is 2.17. The van der Waals surface area contributed by atoms with Crippen LogP contribution in [0.1, 0.15) is 10.5 Å². The number of rotatable bonds is 3. The van der Waals surface area contributed by atoms with Crippen LogP contribution in [0.3, 0.4) is 0 Å². The van der Waals surface area contributed by atoms with Gasteiger partial charge in [0.1, 0.15) is 17.2 Å². The van der Waals surface area contributed by atoms with Crippen molar-refractivity contribution < 1.29 is 14.6 Å². The van der Waals surface area contributed by atoms with Gasteiger partial charge in [-0.15, -0.1) is 0 Å². The zero-order valence-corrected chi connectivity index (χ0v) is 11.3. The van der Waals surface area contributed by atoms with E-state index in [1.165, 1.54) is 31.4 Å². The Morgan fingerprint density at radius 2 is 2.15 bits per heavy atom. The first-order valence-electron chi connectivity index (χ1n) is 5.65. The van der Waals surface area contributed by atoms with Crippen LogP contribution < -0.4 is 15.8 Å². The maximum Gasteiger partial charge on any atom is 0.269 e. The lowest BCUT2D eigenvalue weighted by molar-refractivity contribution is 0.0958. The van der Waals surface area contributed by atoms with Crippen LogP contribution in [-0.2, 0) is 0 Å². The number of amides is 1. The smallest absolute Gasteiger partial charge is 0.269 e. The van der Waals surface area contributed by atoms with E-state index in [1.54, 1.807) is 6.07 Å². The topological polar surface area (TPSA) is 97.5 Å². The Morgan fingerprint density at radius 3 is 2.80 bits per heavy atom. The number of phenols is 1. The van der Waals surface area contributed by atoms with Crippen LogP contribution in [0.2, 0.25) is 5.02 Å². The normalized spacial score (nSPS) is 10.1. The molecular formula is C13H12ClN3O3. The molecule has 6 nitrogen and oxygen atoms in total. The van der Waals surface area contributed by atoms with E-state index < -0.39 is 0 Å². The van der Waals surface area contributed by atoms with Gasteiger partial charge in [0.15, 0.2) is 5.75 Å². The average molecular weight is 294 g/mol. The van der Waals surface area contributed by atoms with Crippen molar-refractivity contribution in [2.24, 2.45) is 0 Å². The van der Waals surface area contributed by atoms with Crippen molar-refractivity contribution in [2.45, 2.75) is 0 Å². The molecule has 1 aromatic heterocycles. The molecule has 0 aliphatic carbocycles. The van der Waals surface area contributed by atoms with Crippen molar-refractivity contribution in [1.29, 1.82) is 0 Å². The lowest BCUT2D eigenvalue weighted by atomic mass is 10.2. The lowest BCUT2D eigenvalue weighted by Crippen LogP contribution is -2.18. The van der Waals surface area contributed by atoms with Gasteiger partial charge in [-0.1, -0.05) is 11.6 Å². The monoisotopic (exact) mass is 293 g/mol. The van der Waals surface area contributed by atoms with Gasteiger partial charge in [0.05, 0.1) is 10.7 Å². The minimum Gasteiger partial charge on any atom is -0.504 e. The third kappa shape index (κ3) is 2.92. The third-order valence-corrected chi connectivity index (χ3v) is 2.78. The lowest BCUT2D eigenvalue weighted by Gasteiger charge is -2.09. The molecule has 0 saturated carbocycles. The summed E-state index contributed by atoms with van der Waals surface area (Å²) in [5.74, 6) is 0.234. The van der Waals surface area contributed by atoms with Crippen molar-refractivity contribution in [2.75, 3.05) is 12.8 Å². The number of nitrogens with two attached hydrogens (primary N) is 1. The largest absolute Gasteiger partial charge is 0.504 e. The zero-order valence-electron chi connectivity index (χ0n) is 10.6.